The fourth-order valence-electron chi connectivity index (χ4n) is 2.72. The van der Waals surface area contributed by atoms with E-state index in [9.17, 15) is 0 Å². The number of hydrogen-bond donors (Lipinski definition) is 1. The maximum absolute atomic E-state index is 5.84. The van der Waals surface area contributed by atoms with E-state index in [0.717, 1.165) is 31.9 Å². The Morgan fingerprint density at radius 3 is 2.05 bits per heavy atom. The summed E-state index contributed by atoms with van der Waals surface area (Å²) in [6, 6.07) is 14.8. The molecule has 0 radical (unpaired) electrons. The summed E-state index contributed by atoms with van der Waals surface area (Å²) in [4.78, 5) is 9.27. The topological polar surface area (TPSA) is 45.4 Å². The molecule has 1 atom stereocenters. The van der Waals surface area contributed by atoms with Crippen LogP contribution in [0, 0.1) is 0 Å². The van der Waals surface area contributed by atoms with Crippen molar-refractivity contribution >= 4 is 11.4 Å². The predicted octanol–water partition coefficient (Wildman–Crippen LogP) is 2.43. The third-order valence-corrected chi connectivity index (χ3v) is 4.00. The highest BCUT2D eigenvalue weighted by atomic mass is 15.3. The molecule has 1 aliphatic rings. The van der Waals surface area contributed by atoms with Gasteiger partial charge in [0.2, 0.25) is 0 Å². The van der Waals surface area contributed by atoms with Gasteiger partial charge in [-0.05, 0) is 31.2 Å². The normalized spacial score (nSPS) is 16.9. The van der Waals surface area contributed by atoms with E-state index in [-0.39, 0.29) is 6.04 Å². The summed E-state index contributed by atoms with van der Waals surface area (Å²) in [5.74, 6) is 0. The first-order chi connectivity index (χ1) is 10.2. The summed E-state index contributed by atoms with van der Waals surface area (Å²) >= 11 is 0. The monoisotopic (exact) mass is 282 g/mol. The number of rotatable bonds is 3. The maximum atomic E-state index is 5.84. The molecule has 0 unspecified atom stereocenters. The zero-order valence-corrected chi connectivity index (χ0v) is 12.4. The van der Waals surface area contributed by atoms with E-state index in [1.807, 2.05) is 19.2 Å². The highest BCUT2D eigenvalue weighted by molar-refractivity contribution is 5.51. The molecule has 1 fully saturated rings. The van der Waals surface area contributed by atoms with Crippen LogP contribution in [0.5, 0.6) is 0 Å². The first-order valence-electron chi connectivity index (χ1n) is 7.50. The third-order valence-electron chi connectivity index (χ3n) is 4.00. The van der Waals surface area contributed by atoms with Gasteiger partial charge < -0.3 is 15.5 Å². The second-order valence-corrected chi connectivity index (χ2v) is 5.54. The first kappa shape index (κ1) is 13.9. The maximum Gasteiger partial charge on any atom is 0.0569 e. The molecule has 1 aromatic heterocycles. The lowest BCUT2D eigenvalue weighted by Crippen LogP contribution is -2.46. The van der Waals surface area contributed by atoms with Crippen LogP contribution in [-0.2, 0) is 0 Å². The molecule has 1 saturated heterocycles. The van der Waals surface area contributed by atoms with Gasteiger partial charge in [0.05, 0.1) is 17.6 Å². The molecule has 21 heavy (non-hydrogen) atoms. The van der Waals surface area contributed by atoms with E-state index in [1.54, 1.807) is 0 Å². The number of anilines is 2. The van der Waals surface area contributed by atoms with Crippen LogP contribution >= 0.6 is 0 Å². The van der Waals surface area contributed by atoms with Gasteiger partial charge >= 0.3 is 0 Å². The SMILES string of the molecule is C[C@@H](N)c1ccc(N2CCN(c3ccccc3)CC2)cn1. The van der Waals surface area contributed by atoms with Crippen LogP contribution in [0.15, 0.2) is 48.7 Å². The summed E-state index contributed by atoms with van der Waals surface area (Å²) in [7, 11) is 0. The lowest BCUT2D eigenvalue weighted by atomic mass is 10.2. The Morgan fingerprint density at radius 2 is 1.52 bits per heavy atom. The third kappa shape index (κ3) is 3.16. The molecule has 0 spiro atoms. The molecule has 0 bridgehead atoms. The van der Waals surface area contributed by atoms with Gasteiger partial charge in [-0.3, -0.25) is 4.98 Å². The van der Waals surface area contributed by atoms with Gasteiger partial charge in [-0.1, -0.05) is 18.2 Å². The smallest absolute Gasteiger partial charge is 0.0569 e. The van der Waals surface area contributed by atoms with Gasteiger partial charge in [0.1, 0.15) is 0 Å². The highest BCUT2D eigenvalue weighted by Gasteiger charge is 2.17. The van der Waals surface area contributed by atoms with E-state index in [1.165, 1.54) is 11.4 Å². The molecule has 4 nitrogen and oxygen atoms in total. The minimum absolute atomic E-state index is 0.00558. The Labute approximate surface area is 126 Å². The zero-order valence-electron chi connectivity index (χ0n) is 12.4. The summed E-state index contributed by atoms with van der Waals surface area (Å²) < 4.78 is 0. The summed E-state index contributed by atoms with van der Waals surface area (Å²) in [6.07, 6.45) is 1.94. The van der Waals surface area contributed by atoms with Crippen molar-refractivity contribution in [3.8, 4) is 0 Å². The van der Waals surface area contributed by atoms with Crippen LogP contribution < -0.4 is 15.5 Å². The van der Waals surface area contributed by atoms with Gasteiger partial charge in [-0.25, -0.2) is 0 Å². The number of nitrogens with zero attached hydrogens (tertiary/aromatic N) is 3. The van der Waals surface area contributed by atoms with Crippen LogP contribution in [0.3, 0.4) is 0 Å². The second kappa shape index (κ2) is 6.14. The first-order valence-corrected chi connectivity index (χ1v) is 7.50. The van der Waals surface area contributed by atoms with E-state index in [0.29, 0.717) is 0 Å². The quantitative estimate of drug-likeness (QED) is 0.939. The molecule has 0 saturated carbocycles. The Balaban J connectivity index is 1.63. The summed E-state index contributed by atoms with van der Waals surface area (Å²) in [6.45, 7) is 6.08. The molecule has 1 aliphatic heterocycles. The van der Waals surface area contributed by atoms with Crippen molar-refractivity contribution in [3.63, 3.8) is 0 Å². The molecule has 2 N–H and O–H groups in total. The summed E-state index contributed by atoms with van der Waals surface area (Å²) in [5.41, 5.74) is 9.28. The molecule has 0 amide bonds. The number of benzene rings is 1. The van der Waals surface area contributed by atoms with Crippen LogP contribution in [0.1, 0.15) is 18.7 Å². The standard InChI is InChI=1S/C17H22N4/c1-14(18)17-8-7-16(13-19-17)21-11-9-20(10-12-21)15-5-3-2-4-6-15/h2-8,13-14H,9-12,18H2,1H3/t14-/m1/s1. The van der Waals surface area contributed by atoms with Crippen molar-refractivity contribution in [3.05, 3.63) is 54.4 Å². The molecule has 2 heterocycles. The average molecular weight is 282 g/mol. The minimum atomic E-state index is -0.00558. The number of nitrogens with two attached hydrogens (primary N) is 1. The molecule has 4 heteroatoms. The lowest BCUT2D eigenvalue weighted by Gasteiger charge is -2.37. The van der Waals surface area contributed by atoms with Crippen molar-refractivity contribution in [1.82, 2.24) is 4.98 Å². The number of pyridine rings is 1. The highest BCUT2D eigenvalue weighted by Crippen LogP contribution is 2.20. The van der Waals surface area contributed by atoms with Crippen molar-refractivity contribution in [2.24, 2.45) is 5.73 Å². The van der Waals surface area contributed by atoms with Gasteiger partial charge in [-0.2, -0.15) is 0 Å². The fraction of sp³-hybridized carbons (Fsp3) is 0.353. The van der Waals surface area contributed by atoms with Crippen LogP contribution in [0.4, 0.5) is 11.4 Å². The van der Waals surface area contributed by atoms with E-state index in [4.69, 9.17) is 5.73 Å². The Morgan fingerprint density at radius 1 is 0.905 bits per heavy atom. The van der Waals surface area contributed by atoms with Gasteiger partial charge in [0.25, 0.3) is 0 Å². The number of hydrogen-bond acceptors (Lipinski definition) is 4. The van der Waals surface area contributed by atoms with Crippen molar-refractivity contribution in [2.75, 3.05) is 36.0 Å². The molecule has 110 valence electrons. The molecule has 1 aromatic carbocycles. The minimum Gasteiger partial charge on any atom is -0.368 e. The number of para-hydroxylation sites is 1. The Hall–Kier alpha value is -2.07. The van der Waals surface area contributed by atoms with Gasteiger partial charge in [0, 0.05) is 37.9 Å². The van der Waals surface area contributed by atoms with Crippen molar-refractivity contribution < 1.29 is 0 Å². The van der Waals surface area contributed by atoms with E-state index in [2.05, 4.69) is 51.2 Å². The van der Waals surface area contributed by atoms with E-state index < -0.39 is 0 Å². The van der Waals surface area contributed by atoms with Crippen molar-refractivity contribution in [1.29, 1.82) is 0 Å². The fourth-order valence-corrected chi connectivity index (χ4v) is 2.72. The molecular formula is C17H22N4. The molecular weight excluding hydrogens is 260 g/mol. The lowest BCUT2D eigenvalue weighted by molar-refractivity contribution is 0.652. The van der Waals surface area contributed by atoms with Crippen LogP contribution in [-0.4, -0.2) is 31.2 Å². The zero-order chi connectivity index (χ0) is 14.7. The largest absolute Gasteiger partial charge is 0.368 e. The molecule has 2 aromatic rings. The molecule has 0 aliphatic carbocycles. The number of piperazine rings is 1. The summed E-state index contributed by atoms with van der Waals surface area (Å²) in [5, 5.41) is 0. The second-order valence-electron chi connectivity index (χ2n) is 5.54. The van der Waals surface area contributed by atoms with Crippen LogP contribution in [0.2, 0.25) is 0 Å². The number of aromatic nitrogens is 1. The van der Waals surface area contributed by atoms with Crippen LogP contribution in [0.25, 0.3) is 0 Å². The Kier molecular flexibility index (Phi) is 4.06. The van der Waals surface area contributed by atoms with Gasteiger partial charge in [-0.15, -0.1) is 0 Å². The predicted molar refractivity (Wildman–Crippen MR) is 87.7 cm³/mol. The Bertz CT molecular complexity index is 557. The van der Waals surface area contributed by atoms with Crippen molar-refractivity contribution in [2.45, 2.75) is 13.0 Å². The average Bonchev–Trinajstić information content (AvgIpc) is 2.56. The molecule has 3 rings (SSSR count). The van der Waals surface area contributed by atoms with Gasteiger partial charge in [0.15, 0.2) is 0 Å². The van der Waals surface area contributed by atoms with E-state index >= 15 is 0 Å².